The van der Waals surface area contributed by atoms with E-state index in [1.165, 1.54) is 0 Å². The molecule has 5 aromatic rings. The maximum absolute atomic E-state index is 10.4. The van der Waals surface area contributed by atoms with Gasteiger partial charge in [-0.1, -0.05) is 78.9 Å². The molecule has 33 heavy (non-hydrogen) atoms. The number of fused-ring (bicyclic) bond motifs is 1. The lowest BCUT2D eigenvalue weighted by Gasteiger charge is -2.20. The van der Waals surface area contributed by atoms with E-state index in [4.69, 9.17) is 0 Å². The van der Waals surface area contributed by atoms with Crippen LogP contribution in [0.4, 0.5) is 0 Å². The first kappa shape index (κ1) is 19.8. The van der Waals surface area contributed by atoms with Gasteiger partial charge in [-0.3, -0.25) is 0 Å². The highest BCUT2D eigenvalue weighted by Gasteiger charge is 2.27. The van der Waals surface area contributed by atoms with Crippen LogP contribution in [-0.2, 0) is 0 Å². The van der Waals surface area contributed by atoms with E-state index in [0.29, 0.717) is 33.5 Å². The van der Waals surface area contributed by atoms with Gasteiger partial charge in [-0.05, 0) is 28.6 Å². The Bertz CT molecular complexity index is 1540. The van der Waals surface area contributed by atoms with E-state index in [2.05, 4.69) is 18.2 Å². The Kier molecular flexibility index (Phi) is 4.93. The lowest BCUT2D eigenvalue weighted by Crippen LogP contribution is -2.07. The van der Waals surface area contributed by atoms with Crippen LogP contribution in [0, 0.1) is 34.0 Å². The van der Waals surface area contributed by atoms with Crippen molar-refractivity contribution in [1.82, 2.24) is 4.57 Å². The summed E-state index contributed by atoms with van der Waals surface area (Å²) in [5, 5.41) is 32.0. The monoisotopic (exact) mass is 420 g/mol. The molecule has 1 heterocycles. The number of para-hydroxylation sites is 1. The van der Waals surface area contributed by atoms with E-state index >= 15 is 0 Å². The van der Waals surface area contributed by atoms with Crippen LogP contribution in [-0.4, -0.2) is 4.57 Å². The van der Waals surface area contributed by atoms with Gasteiger partial charge >= 0.3 is 0 Å². The number of hydrogen-bond donors (Lipinski definition) is 0. The fourth-order valence-electron chi connectivity index (χ4n) is 4.37. The Morgan fingerprint density at radius 3 is 1.52 bits per heavy atom. The lowest BCUT2D eigenvalue weighted by atomic mass is 9.84. The van der Waals surface area contributed by atoms with Gasteiger partial charge in [0.05, 0.1) is 27.9 Å². The highest BCUT2D eigenvalue weighted by atomic mass is 15.0. The minimum atomic E-state index is 0.301. The molecule has 4 heteroatoms. The van der Waals surface area contributed by atoms with Crippen molar-refractivity contribution in [2.75, 3.05) is 0 Å². The van der Waals surface area contributed by atoms with Crippen molar-refractivity contribution in [3.05, 3.63) is 114 Å². The van der Waals surface area contributed by atoms with Crippen LogP contribution in [0.1, 0.15) is 16.7 Å². The molecule has 0 saturated heterocycles. The molecule has 4 nitrogen and oxygen atoms in total. The summed E-state index contributed by atoms with van der Waals surface area (Å²) in [6.45, 7) is 0. The van der Waals surface area contributed by atoms with Crippen LogP contribution in [0.5, 0.6) is 0 Å². The number of benzene rings is 4. The summed E-state index contributed by atoms with van der Waals surface area (Å²) < 4.78 is 1.88. The van der Waals surface area contributed by atoms with Crippen molar-refractivity contribution >= 4 is 10.9 Å². The van der Waals surface area contributed by atoms with Gasteiger partial charge in [-0.2, -0.15) is 15.8 Å². The average molecular weight is 420 g/mol. The largest absolute Gasteiger partial charge is 0.314 e. The SMILES string of the molecule is N#Cc1c(-c2ccccc2)c(C#N)c(-n2ccc3ccccc32)c(C#N)c1-c1ccccc1. The molecule has 0 amide bonds. The molecule has 0 atom stereocenters. The third-order valence-electron chi connectivity index (χ3n) is 5.77. The third kappa shape index (κ3) is 3.14. The van der Waals surface area contributed by atoms with E-state index in [1.807, 2.05) is 102 Å². The van der Waals surface area contributed by atoms with Gasteiger partial charge in [0.2, 0.25) is 0 Å². The summed E-state index contributed by atoms with van der Waals surface area (Å²) >= 11 is 0. The zero-order valence-electron chi connectivity index (χ0n) is 17.5. The summed E-state index contributed by atoms with van der Waals surface area (Å²) in [5.41, 5.74) is 4.87. The number of nitriles is 3. The Hall–Kier alpha value is -5.11. The van der Waals surface area contributed by atoms with Gasteiger partial charge in [0.1, 0.15) is 18.2 Å². The van der Waals surface area contributed by atoms with E-state index in [9.17, 15) is 15.8 Å². The van der Waals surface area contributed by atoms with Crippen molar-refractivity contribution in [2.45, 2.75) is 0 Å². The highest BCUT2D eigenvalue weighted by molar-refractivity contribution is 5.95. The topological polar surface area (TPSA) is 76.3 Å². The van der Waals surface area contributed by atoms with Crippen LogP contribution in [0.15, 0.2) is 97.2 Å². The Labute approximate surface area is 191 Å². The van der Waals surface area contributed by atoms with Crippen LogP contribution in [0.25, 0.3) is 38.8 Å². The summed E-state index contributed by atoms with van der Waals surface area (Å²) in [5.74, 6) is 0. The Balaban J connectivity index is 2.04. The predicted molar refractivity (Wildman–Crippen MR) is 128 cm³/mol. The second kappa shape index (κ2) is 8.20. The molecule has 0 N–H and O–H groups in total. The van der Waals surface area contributed by atoms with Crippen LogP contribution in [0.2, 0.25) is 0 Å². The van der Waals surface area contributed by atoms with Crippen molar-refractivity contribution in [3.63, 3.8) is 0 Å². The van der Waals surface area contributed by atoms with Crippen molar-refractivity contribution in [2.24, 2.45) is 0 Å². The average Bonchev–Trinajstić information content (AvgIpc) is 3.31. The molecule has 0 aliphatic heterocycles. The van der Waals surface area contributed by atoms with Crippen LogP contribution < -0.4 is 0 Å². The lowest BCUT2D eigenvalue weighted by molar-refractivity contribution is 1.11. The molecule has 0 unspecified atom stereocenters. The first-order valence-corrected chi connectivity index (χ1v) is 10.4. The van der Waals surface area contributed by atoms with E-state index in [1.54, 1.807) is 0 Å². The molecule has 4 aromatic carbocycles. The number of hydrogen-bond acceptors (Lipinski definition) is 3. The maximum Gasteiger partial charge on any atom is 0.102 e. The number of aromatic nitrogens is 1. The molecule has 0 saturated carbocycles. The van der Waals surface area contributed by atoms with E-state index in [0.717, 1.165) is 22.0 Å². The molecule has 0 radical (unpaired) electrons. The second-order valence-corrected chi connectivity index (χ2v) is 7.54. The molecule has 0 bridgehead atoms. The van der Waals surface area contributed by atoms with Gasteiger partial charge in [0, 0.05) is 17.3 Å². The molecule has 0 fully saturated rings. The summed E-state index contributed by atoms with van der Waals surface area (Å²) in [6, 6.07) is 35.6. The van der Waals surface area contributed by atoms with Gasteiger partial charge in [-0.15, -0.1) is 0 Å². The first-order chi connectivity index (χ1) is 16.3. The summed E-state index contributed by atoms with van der Waals surface area (Å²) in [4.78, 5) is 0. The zero-order valence-corrected chi connectivity index (χ0v) is 17.5. The highest BCUT2D eigenvalue weighted by Crippen LogP contribution is 2.42. The minimum absolute atomic E-state index is 0.301. The molecule has 1 aromatic heterocycles. The fraction of sp³-hybridized carbons (Fsp3) is 0. The molecule has 0 aliphatic carbocycles. The van der Waals surface area contributed by atoms with Gasteiger partial charge < -0.3 is 4.57 Å². The molecule has 152 valence electrons. The molecular weight excluding hydrogens is 404 g/mol. The van der Waals surface area contributed by atoms with E-state index in [-0.39, 0.29) is 0 Å². The van der Waals surface area contributed by atoms with Crippen molar-refractivity contribution in [1.29, 1.82) is 15.8 Å². The van der Waals surface area contributed by atoms with Crippen molar-refractivity contribution in [3.8, 4) is 46.1 Å². The second-order valence-electron chi connectivity index (χ2n) is 7.54. The number of nitrogens with zero attached hydrogens (tertiary/aromatic N) is 4. The third-order valence-corrected chi connectivity index (χ3v) is 5.77. The Morgan fingerprint density at radius 1 is 0.515 bits per heavy atom. The number of rotatable bonds is 3. The summed E-state index contributed by atoms with van der Waals surface area (Å²) in [6.07, 6.45) is 1.87. The van der Waals surface area contributed by atoms with Crippen LogP contribution in [0.3, 0.4) is 0 Å². The maximum atomic E-state index is 10.4. The predicted octanol–water partition coefficient (Wildman–Crippen LogP) is 6.58. The molecule has 0 aliphatic rings. The zero-order chi connectivity index (χ0) is 22.8. The summed E-state index contributed by atoms with van der Waals surface area (Å²) in [7, 11) is 0. The molecular formula is C29H16N4. The standard InChI is InChI=1S/C29H16N4/c30-17-23-27(21-10-3-1-4-11-21)24(18-31)29(33-16-15-20-9-7-8-14-26(20)33)25(19-32)28(23)22-12-5-2-6-13-22/h1-16H. The minimum Gasteiger partial charge on any atom is -0.314 e. The van der Waals surface area contributed by atoms with Gasteiger partial charge in [0.25, 0.3) is 0 Å². The first-order valence-electron chi connectivity index (χ1n) is 10.4. The molecule has 0 spiro atoms. The van der Waals surface area contributed by atoms with Crippen molar-refractivity contribution < 1.29 is 0 Å². The quantitative estimate of drug-likeness (QED) is 0.331. The molecule has 5 rings (SSSR count). The Morgan fingerprint density at radius 2 is 1.00 bits per heavy atom. The normalized spacial score (nSPS) is 10.3. The fourth-order valence-corrected chi connectivity index (χ4v) is 4.37. The van der Waals surface area contributed by atoms with Gasteiger partial charge in [-0.25, -0.2) is 0 Å². The van der Waals surface area contributed by atoms with Crippen LogP contribution >= 0.6 is 0 Å². The van der Waals surface area contributed by atoms with E-state index < -0.39 is 0 Å². The van der Waals surface area contributed by atoms with Gasteiger partial charge in [0.15, 0.2) is 0 Å². The smallest absolute Gasteiger partial charge is 0.102 e.